The zero-order valence-corrected chi connectivity index (χ0v) is 5.10. The maximum atomic E-state index is 11.4. The van der Waals surface area contributed by atoms with Crippen molar-refractivity contribution in [1.82, 2.24) is 0 Å². The highest BCUT2D eigenvalue weighted by molar-refractivity contribution is 5.67. The van der Waals surface area contributed by atoms with Gasteiger partial charge in [-0.15, -0.1) is 0 Å². The number of rotatable bonds is 5. The Morgan fingerprint density at radius 2 is 2.44 bits per heavy atom. The molecule has 0 rings (SSSR count). The van der Waals surface area contributed by atoms with Crippen molar-refractivity contribution in [3.8, 4) is 0 Å². The SMILES string of the molecule is C=COCCCC(=O)F. The Kier molecular flexibility index (Phi) is 4.78. The molecule has 0 unspecified atom stereocenters. The molecule has 0 aromatic rings. The van der Waals surface area contributed by atoms with Gasteiger partial charge in [-0.1, -0.05) is 6.58 Å². The molecule has 0 saturated heterocycles. The quantitative estimate of drug-likeness (QED) is 0.321. The van der Waals surface area contributed by atoms with E-state index < -0.39 is 6.04 Å². The predicted octanol–water partition coefficient (Wildman–Crippen LogP) is 1.42. The molecule has 0 atom stereocenters. The summed E-state index contributed by atoms with van der Waals surface area (Å²) in [6, 6.07) is -1.29. The molecule has 0 N–H and O–H groups in total. The van der Waals surface area contributed by atoms with Crippen molar-refractivity contribution in [1.29, 1.82) is 0 Å². The van der Waals surface area contributed by atoms with Gasteiger partial charge in [0.2, 0.25) is 0 Å². The Balaban J connectivity index is 2.91. The van der Waals surface area contributed by atoms with Crippen molar-refractivity contribution >= 4 is 6.04 Å². The molecule has 0 saturated carbocycles. The summed E-state index contributed by atoms with van der Waals surface area (Å²) in [4.78, 5) is 9.66. The molecule has 0 fully saturated rings. The molecular weight excluding hydrogens is 123 g/mol. The Hall–Kier alpha value is -0.860. The maximum Gasteiger partial charge on any atom is 0.301 e. The standard InChI is InChI=1S/C6H9FO2/c1-2-9-5-3-4-6(7)8/h2H,1,3-5H2. The molecule has 2 nitrogen and oxygen atoms in total. The summed E-state index contributed by atoms with van der Waals surface area (Å²) in [6.07, 6.45) is 1.62. The van der Waals surface area contributed by atoms with Gasteiger partial charge in [0.05, 0.1) is 12.9 Å². The van der Waals surface area contributed by atoms with E-state index in [0.717, 1.165) is 0 Å². The zero-order valence-electron chi connectivity index (χ0n) is 5.10. The second-order valence-electron chi connectivity index (χ2n) is 1.50. The zero-order chi connectivity index (χ0) is 7.11. The minimum absolute atomic E-state index is 0.0617. The lowest BCUT2D eigenvalue weighted by Crippen LogP contribution is -1.92. The van der Waals surface area contributed by atoms with Crippen LogP contribution in [0.4, 0.5) is 4.39 Å². The number of hydrogen-bond acceptors (Lipinski definition) is 2. The second kappa shape index (κ2) is 5.28. The lowest BCUT2D eigenvalue weighted by Gasteiger charge is -1.94. The first-order valence-corrected chi connectivity index (χ1v) is 2.68. The summed E-state index contributed by atoms with van der Waals surface area (Å²) in [7, 11) is 0. The normalized spacial score (nSPS) is 8.56. The molecule has 52 valence electrons. The van der Waals surface area contributed by atoms with Gasteiger partial charge in [0, 0.05) is 6.42 Å². The second-order valence-corrected chi connectivity index (χ2v) is 1.50. The van der Waals surface area contributed by atoms with Crippen LogP contribution >= 0.6 is 0 Å². The van der Waals surface area contributed by atoms with Crippen LogP contribution in [-0.2, 0) is 9.53 Å². The molecule has 0 aliphatic rings. The fraction of sp³-hybridized carbons (Fsp3) is 0.500. The Morgan fingerprint density at radius 1 is 1.78 bits per heavy atom. The minimum Gasteiger partial charge on any atom is -0.502 e. The van der Waals surface area contributed by atoms with Crippen LogP contribution in [0.5, 0.6) is 0 Å². The van der Waals surface area contributed by atoms with Crippen molar-refractivity contribution in [2.45, 2.75) is 12.8 Å². The van der Waals surface area contributed by atoms with Crippen LogP contribution in [0, 0.1) is 0 Å². The molecule has 0 aromatic heterocycles. The van der Waals surface area contributed by atoms with Crippen LogP contribution in [0.3, 0.4) is 0 Å². The maximum absolute atomic E-state index is 11.4. The molecule has 0 aliphatic heterocycles. The monoisotopic (exact) mass is 132 g/mol. The van der Waals surface area contributed by atoms with Gasteiger partial charge in [0.25, 0.3) is 0 Å². The lowest BCUT2D eigenvalue weighted by molar-refractivity contribution is -0.129. The third-order valence-corrected chi connectivity index (χ3v) is 0.753. The Morgan fingerprint density at radius 3 is 2.89 bits per heavy atom. The number of carbonyl (C=O) groups excluding carboxylic acids is 1. The van der Waals surface area contributed by atoms with Gasteiger partial charge >= 0.3 is 6.04 Å². The van der Waals surface area contributed by atoms with Crippen LogP contribution in [0.1, 0.15) is 12.8 Å². The fourth-order valence-corrected chi connectivity index (χ4v) is 0.378. The predicted molar refractivity (Wildman–Crippen MR) is 31.5 cm³/mol. The van der Waals surface area contributed by atoms with E-state index in [1.54, 1.807) is 0 Å². The van der Waals surface area contributed by atoms with E-state index in [1.807, 2.05) is 0 Å². The van der Waals surface area contributed by atoms with Crippen molar-refractivity contribution in [3.05, 3.63) is 12.8 Å². The van der Waals surface area contributed by atoms with E-state index in [9.17, 15) is 9.18 Å². The molecule has 0 radical (unpaired) electrons. The summed E-state index contributed by atoms with van der Waals surface area (Å²) in [5.74, 6) is 0. The molecule has 0 heterocycles. The number of hydrogen-bond donors (Lipinski definition) is 0. The summed E-state index contributed by atoms with van der Waals surface area (Å²) in [6.45, 7) is 3.64. The molecule has 0 bridgehead atoms. The van der Waals surface area contributed by atoms with Gasteiger partial charge in [0.15, 0.2) is 0 Å². The first-order chi connectivity index (χ1) is 4.27. The average Bonchev–Trinajstić information content (AvgIpc) is 1.80. The topological polar surface area (TPSA) is 26.3 Å². The van der Waals surface area contributed by atoms with Gasteiger partial charge in [-0.2, -0.15) is 4.39 Å². The molecule has 0 aromatic carbocycles. The van der Waals surface area contributed by atoms with E-state index in [0.29, 0.717) is 13.0 Å². The molecule has 3 heteroatoms. The highest BCUT2D eigenvalue weighted by Crippen LogP contribution is 1.91. The summed E-state index contributed by atoms with van der Waals surface area (Å²) < 4.78 is 16.0. The number of ether oxygens (including phenoxy) is 1. The number of carbonyl (C=O) groups is 1. The third kappa shape index (κ3) is 7.14. The molecule has 0 spiro atoms. The summed E-state index contributed by atoms with van der Waals surface area (Å²) in [5.41, 5.74) is 0. The largest absolute Gasteiger partial charge is 0.502 e. The van der Waals surface area contributed by atoms with E-state index in [2.05, 4.69) is 11.3 Å². The highest BCUT2D eigenvalue weighted by atomic mass is 19.1. The first-order valence-electron chi connectivity index (χ1n) is 2.68. The van der Waals surface area contributed by atoms with Gasteiger partial charge in [0.1, 0.15) is 0 Å². The lowest BCUT2D eigenvalue weighted by atomic mass is 10.3. The van der Waals surface area contributed by atoms with E-state index in [1.165, 1.54) is 6.26 Å². The molecule has 0 amide bonds. The van der Waals surface area contributed by atoms with Gasteiger partial charge in [-0.3, -0.25) is 4.79 Å². The average molecular weight is 132 g/mol. The van der Waals surface area contributed by atoms with Crippen molar-refractivity contribution in [2.24, 2.45) is 0 Å². The van der Waals surface area contributed by atoms with Crippen LogP contribution in [0.15, 0.2) is 12.8 Å². The Labute approximate surface area is 53.3 Å². The van der Waals surface area contributed by atoms with Gasteiger partial charge < -0.3 is 4.74 Å². The van der Waals surface area contributed by atoms with Crippen LogP contribution in [0.2, 0.25) is 0 Å². The van der Waals surface area contributed by atoms with Gasteiger partial charge in [-0.25, -0.2) is 0 Å². The van der Waals surface area contributed by atoms with E-state index in [-0.39, 0.29) is 6.42 Å². The minimum atomic E-state index is -1.29. The third-order valence-electron chi connectivity index (χ3n) is 0.753. The Bertz CT molecular complexity index is 101. The van der Waals surface area contributed by atoms with Crippen molar-refractivity contribution < 1.29 is 13.9 Å². The molecule has 9 heavy (non-hydrogen) atoms. The van der Waals surface area contributed by atoms with E-state index in [4.69, 9.17) is 0 Å². The van der Waals surface area contributed by atoms with Crippen LogP contribution in [-0.4, -0.2) is 12.6 Å². The smallest absolute Gasteiger partial charge is 0.301 e. The molecule has 0 aliphatic carbocycles. The first kappa shape index (κ1) is 8.14. The van der Waals surface area contributed by atoms with Crippen molar-refractivity contribution in [2.75, 3.05) is 6.61 Å². The van der Waals surface area contributed by atoms with Crippen molar-refractivity contribution in [3.63, 3.8) is 0 Å². The van der Waals surface area contributed by atoms with E-state index >= 15 is 0 Å². The van der Waals surface area contributed by atoms with Crippen LogP contribution < -0.4 is 0 Å². The number of halogens is 1. The van der Waals surface area contributed by atoms with Crippen LogP contribution in [0.25, 0.3) is 0 Å². The van der Waals surface area contributed by atoms with Gasteiger partial charge in [-0.05, 0) is 6.42 Å². The molecular formula is C6H9FO2. The summed E-state index contributed by atoms with van der Waals surface area (Å²) in [5, 5.41) is 0. The highest BCUT2D eigenvalue weighted by Gasteiger charge is 1.95. The fourth-order valence-electron chi connectivity index (χ4n) is 0.378. The summed E-state index contributed by atoms with van der Waals surface area (Å²) >= 11 is 0.